The molecular formula is C23H22FN3O3S. The lowest BCUT2D eigenvalue weighted by Gasteiger charge is -2.18. The Hall–Kier alpha value is -3.39. The number of hydrogen-bond donors (Lipinski definition) is 2. The van der Waals surface area contributed by atoms with Crippen LogP contribution in [0, 0.1) is 11.2 Å². The van der Waals surface area contributed by atoms with Gasteiger partial charge in [-0.05, 0) is 48.4 Å². The van der Waals surface area contributed by atoms with Gasteiger partial charge in [-0.15, -0.1) is 11.3 Å². The van der Waals surface area contributed by atoms with Crippen LogP contribution >= 0.6 is 11.3 Å². The van der Waals surface area contributed by atoms with Crippen molar-refractivity contribution in [3.05, 3.63) is 70.0 Å². The lowest BCUT2D eigenvalue weighted by molar-refractivity contribution is 0.349. The van der Waals surface area contributed by atoms with E-state index in [4.69, 9.17) is 14.9 Å². The maximum absolute atomic E-state index is 13.2. The summed E-state index contributed by atoms with van der Waals surface area (Å²) in [6.45, 7) is 0.838. The van der Waals surface area contributed by atoms with Gasteiger partial charge >= 0.3 is 0 Å². The van der Waals surface area contributed by atoms with Gasteiger partial charge in [0, 0.05) is 17.5 Å². The Kier molecular flexibility index (Phi) is 5.90. The number of nitrogens with zero attached hydrogens (tertiary/aromatic N) is 2. The minimum absolute atomic E-state index is 0.136. The number of hydrogen-bond acceptors (Lipinski definition) is 6. The Labute approximate surface area is 183 Å². The zero-order valence-corrected chi connectivity index (χ0v) is 18.0. The van der Waals surface area contributed by atoms with E-state index >= 15 is 0 Å². The van der Waals surface area contributed by atoms with Crippen molar-refractivity contribution in [1.29, 1.82) is 5.41 Å². The lowest BCUT2D eigenvalue weighted by atomic mass is 10.1. The van der Waals surface area contributed by atoms with E-state index in [9.17, 15) is 9.50 Å². The highest BCUT2D eigenvalue weighted by Gasteiger charge is 2.30. The summed E-state index contributed by atoms with van der Waals surface area (Å²) in [5, 5.41) is 21.5. The SMILES string of the molecule is COc1ccc(CCN2CC(O)=C(c3nc(-c4ccc(F)cc4)cs3)C2=N)cc1OC. The van der Waals surface area contributed by atoms with Gasteiger partial charge in [0.25, 0.3) is 0 Å². The number of aliphatic hydroxyl groups excluding tert-OH is 1. The molecule has 0 aliphatic carbocycles. The van der Waals surface area contributed by atoms with Crippen molar-refractivity contribution in [2.75, 3.05) is 27.3 Å². The molecule has 0 fully saturated rings. The summed E-state index contributed by atoms with van der Waals surface area (Å²) in [5.41, 5.74) is 2.98. The van der Waals surface area contributed by atoms with Gasteiger partial charge in [0.1, 0.15) is 22.4 Å². The molecule has 1 aromatic heterocycles. The standard InChI is InChI=1S/C23H22FN3O3S/c1-29-19-8-3-14(11-20(19)30-2)9-10-27-12-18(28)21(22(27)25)23-26-17(13-31-23)15-4-6-16(24)7-5-15/h3-8,11,13,25,28H,9-10,12H2,1-2H3. The molecule has 160 valence electrons. The molecule has 4 rings (SSSR count). The van der Waals surface area contributed by atoms with Crippen molar-refractivity contribution >= 4 is 22.7 Å². The Balaban J connectivity index is 1.46. The fraction of sp³-hybridized carbons (Fsp3) is 0.217. The van der Waals surface area contributed by atoms with Crippen LogP contribution in [-0.4, -0.2) is 48.1 Å². The van der Waals surface area contributed by atoms with E-state index in [1.807, 2.05) is 28.5 Å². The van der Waals surface area contributed by atoms with Crippen LogP contribution in [0.3, 0.4) is 0 Å². The van der Waals surface area contributed by atoms with Gasteiger partial charge in [0.05, 0.1) is 32.0 Å². The van der Waals surface area contributed by atoms with E-state index in [0.717, 1.165) is 11.1 Å². The summed E-state index contributed by atoms with van der Waals surface area (Å²) in [5.74, 6) is 1.41. The molecule has 0 amide bonds. The Morgan fingerprint density at radius 1 is 1.13 bits per heavy atom. The van der Waals surface area contributed by atoms with Gasteiger partial charge in [0.15, 0.2) is 11.5 Å². The molecule has 1 aliphatic heterocycles. The maximum atomic E-state index is 13.2. The van der Waals surface area contributed by atoms with Crippen molar-refractivity contribution in [2.24, 2.45) is 0 Å². The molecule has 0 bridgehead atoms. The first-order chi connectivity index (χ1) is 15.0. The van der Waals surface area contributed by atoms with Crippen LogP contribution in [0.2, 0.25) is 0 Å². The molecule has 2 heterocycles. The minimum Gasteiger partial charge on any atom is -0.510 e. The highest BCUT2D eigenvalue weighted by Crippen LogP contribution is 2.33. The average Bonchev–Trinajstić information content (AvgIpc) is 3.36. The van der Waals surface area contributed by atoms with Crippen LogP contribution in [0.4, 0.5) is 4.39 Å². The first kappa shape index (κ1) is 20.9. The second kappa shape index (κ2) is 8.77. The largest absolute Gasteiger partial charge is 0.510 e. The number of aromatic nitrogens is 1. The van der Waals surface area contributed by atoms with Crippen LogP contribution < -0.4 is 9.47 Å². The normalized spacial score (nSPS) is 13.8. The Morgan fingerprint density at radius 3 is 2.58 bits per heavy atom. The molecule has 2 N–H and O–H groups in total. The molecule has 0 unspecified atom stereocenters. The molecule has 1 aliphatic rings. The molecule has 3 aromatic rings. The predicted molar refractivity (Wildman–Crippen MR) is 120 cm³/mol. The van der Waals surface area contributed by atoms with Gasteiger partial charge in [0.2, 0.25) is 0 Å². The molecule has 2 aromatic carbocycles. The maximum Gasteiger partial charge on any atom is 0.160 e. The first-order valence-electron chi connectivity index (χ1n) is 9.69. The summed E-state index contributed by atoms with van der Waals surface area (Å²) >= 11 is 1.36. The Bertz CT molecular complexity index is 1140. The van der Waals surface area contributed by atoms with E-state index in [-0.39, 0.29) is 24.0 Å². The van der Waals surface area contributed by atoms with Gasteiger partial charge in [-0.3, -0.25) is 5.41 Å². The van der Waals surface area contributed by atoms with Crippen LogP contribution in [0.1, 0.15) is 10.6 Å². The number of methoxy groups -OCH3 is 2. The molecule has 0 atom stereocenters. The third-order valence-electron chi connectivity index (χ3n) is 5.16. The second-order valence-electron chi connectivity index (χ2n) is 7.08. The van der Waals surface area contributed by atoms with Crippen LogP contribution in [0.15, 0.2) is 53.6 Å². The highest BCUT2D eigenvalue weighted by atomic mass is 32.1. The fourth-order valence-electron chi connectivity index (χ4n) is 3.49. The molecule has 0 saturated heterocycles. The molecule has 6 nitrogen and oxygen atoms in total. The van der Waals surface area contributed by atoms with Crippen molar-refractivity contribution in [2.45, 2.75) is 6.42 Å². The van der Waals surface area contributed by atoms with E-state index in [1.165, 1.54) is 23.5 Å². The topological polar surface area (TPSA) is 78.7 Å². The Morgan fingerprint density at radius 2 is 1.87 bits per heavy atom. The number of halogens is 1. The zero-order chi connectivity index (χ0) is 22.0. The molecular weight excluding hydrogens is 417 g/mol. The average molecular weight is 440 g/mol. The summed E-state index contributed by atoms with van der Waals surface area (Å²) in [7, 11) is 3.19. The van der Waals surface area contributed by atoms with E-state index in [2.05, 4.69) is 4.98 Å². The van der Waals surface area contributed by atoms with Crippen molar-refractivity contribution < 1.29 is 19.0 Å². The number of amidine groups is 1. The molecule has 0 spiro atoms. The van der Waals surface area contributed by atoms with Crippen LogP contribution in [0.5, 0.6) is 11.5 Å². The summed E-state index contributed by atoms with van der Waals surface area (Å²) < 4.78 is 23.8. The second-order valence-corrected chi connectivity index (χ2v) is 7.93. The number of aliphatic hydroxyl groups is 1. The number of nitrogens with one attached hydrogen (secondary N) is 1. The van der Waals surface area contributed by atoms with Crippen LogP contribution in [-0.2, 0) is 6.42 Å². The summed E-state index contributed by atoms with van der Waals surface area (Å²) in [6.07, 6.45) is 0.683. The zero-order valence-electron chi connectivity index (χ0n) is 17.2. The number of rotatable bonds is 7. The number of thiazole rings is 1. The minimum atomic E-state index is -0.303. The molecule has 31 heavy (non-hydrogen) atoms. The highest BCUT2D eigenvalue weighted by molar-refractivity contribution is 7.11. The summed E-state index contributed by atoms with van der Waals surface area (Å²) in [4.78, 5) is 6.39. The quantitative estimate of drug-likeness (QED) is 0.554. The van der Waals surface area contributed by atoms with Crippen molar-refractivity contribution in [3.63, 3.8) is 0 Å². The molecule has 8 heteroatoms. The number of benzene rings is 2. The van der Waals surface area contributed by atoms with E-state index in [1.54, 1.807) is 26.4 Å². The third-order valence-corrected chi connectivity index (χ3v) is 6.02. The van der Waals surface area contributed by atoms with Gasteiger partial charge in [-0.25, -0.2) is 9.37 Å². The third kappa shape index (κ3) is 4.25. The lowest BCUT2D eigenvalue weighted by Crippen LogP contribution is -2.28. The van der Waals surface area contributed by atoms with Crippen molar-refractivity contribution in [1.82, 2.24) is 9.88 Å². The van der Waals surface area contributed by atoms with Gasteiger partial charge in [-0.2, -0.15) is 0 Å². The summed E-state index contributed by atoms with van der Waals surface area (Å²) in [6, 6.07) is 11.8. The van der Waals surface area contributed by atoms with E-state index in [0.29, 0.717) is 40.7 Å². The smallest absolute Gasteiger partial charge is 0.160 e. The first-order valence-corrected chi connectivity index (χ1v) is 10.6. The van der Waals surface area contributed by atoms with Crippen LogP contribution in [0.25, 0.3) is 16.8 Å². The van der Waals surface area contributed by atoms with E-state index < -0.39 is 0 Å². The monoisotopic (exact) mass is 439 g/mol. The van der Waals surface area contributed by atoms with Gasteiger partial charge < -0.3 is 19.5 Å². The predicted octanol–water partition coefficient (Wildman–Crippen LogP) is 4.77. The van der Waals surface area contributed by atoms with Gasteiger partial charge in [-0.1, -0.05) is 6.07 Å². The fourth-order valence-corrected chi connectivity index (χ4v) is 4.39. The molecule has 0 saturated carbocycles. The number of ether oxygens (including phenoxy) is 2. The molecule has 0 radical (unpaired) electrons. The van der Waals surface area contributed by atoms with Crippen molar-refractivity contribution in [3.8, 4) is 22.8 Å².